The van der Waals surface area contributed by atoms with Crippen LogP contribution in [-0.2, 0) is 11.8 Å². The molecule has 2 aromatic heterocycles. The van der Waals surface area contributed by atoms with Gasteiger partial charge in [0, 0.05) is 45.2 Å². The predicted molar refractivity (Wildman–Crippen MR) is 90.3 cm³/mol. The maximum atomic E-state index is 12.8. The normalized spacial score (nSPS) is 25.6. The SMILES string of the molecule is Cn1cc(C(=O)N2CC[C@H]3OCC[C@@]3(COc3ccccn3)C2)cn1. The third-order valence-electron chi connectivity index (χ3n) is 5.15. The van der Waals surface area contributed by atoms with Gasteiger partial charge in [0.05, 0.1) is 29.9 Å². The van der Waals surface area contributed by atoms with Crippen LogP contribution in [0.25, 0.3) is 0 Å². The lowest BCUT2D eigenvalue weighted by Gasteiger charge is -2.43. The molecule has 132 valence electrons. The van der Waals surface area contributed by atoms with Gasteiger partial charge in [0.1, 0.15) is 0 Å². The van der Waals surface area contributed by atoms with Crippen LogP contribution in [0.15, 0.2) is 36.8 Å². The van der Waals surface area contributed by atoms with Crippen LogP contribution in [0.5, 0.6) is 5.88 Å². The number of carbonyl (C=O) groups is 1. The number of rotatable bonds is 4. The van der Waals surface area contributed by atoms with Crippen molar-refractivity contribution in [1.82, 2.24) is 19.7 Å². The zero-order valence-corrected chi connectivity index (χ0v) is 14.3. The minimum absolute atomic E-state index is 0.0238. The molecule has 2 atom stereocenters. The number of likely N-dealkylation sites (tertiary alicyclic amines) is 1. The number of nitrogens with zero attached hydrogens (tertiary/aromatic N) is 4. The number of pyridine rings is 1. The molecule has 2 fully saturated rings. The number of hydrogen-bond donors (Lipinski definition) is 0. The Morgan fingerprint density at radius 1 is 1.48 bits per heavy atom. The van der Waals surface area contributed by atoms with Crippen molar-refractivity contribution in [1.29, 1.82) is 0 Å². The molecule has 0 saturated carbocycles. The van der Waals surface area contributed by atoms with Crippen LogP contribution in [0.3, 0.4) is 0 Å². The van der Waals surface area contributed by atoms with Crippen molar-refractivity contribution < 1.29 is 14.3 Å². The molecular formula is C18H22N4O3. The Hall–Kier alpha value is -2.41. The molecule has 1 amide bonds. The van der Waals surface area contributed by atoms with Gasteiger partial charge in [-0.1, -0.05) is 6.07 Å². The Kier molecular flexibility index (Phi) is 4.17. The summed E-state index contributed by atoms with van der Waals surface area (Å²) in [6.45, 7) is 2.55. The predicted octanol–water partition coefficient (Wildman–Crippen LogP) is 1.52. The van der Waals surface area contributed by atoms with Gasteiger partial charge < -0.3 is 14.4 Å². The Morgan fingerprint density at radius 3 is 3.16 bits per heavy atom. The number of aryl methyl sites for hydroxylation is 1. The van der Waals surface area contributed by atoms with Gasteiger partial charge in [-0.05, 0) is 18.9 Å². The van der Waals surface area contributed by atoms with E-state index in [1.807, 2.05) is 30.1 Å². The van der Waals surface area contributed by atoms with E-state index in [2.05, 4.69) is 10.1 Å². The van der Waals surface area contributed by atoms with Crippen LogP contribution in [0.2, 0.25) is 0 Å². The van der Waals surface area contributed by atoms with Crippen molar-refractivity contribution in [3.8, 4) is 5.88 Å². The summed E-state index contributed by atoms with van der Waals surface area (Å²) in [6.07, 6.45) is 6.95. The summed E-state index contributed by atoms with van der Waals surface area (Å²) >= 11 is 0. The van der Waals surface area contributed by atoms with Crippen molar-refractivity contribution in [2.45, 2.75) is 18.9 Å². The first-order valence-electron chi connectivity index (χ1n) is 8.60. The molecule has 4 rings (SSSR count). The lowest BCUT2D eigenvalue weighted by molar-refractivity contribution is -0.0332. The standard InChI is InChI=1S/C18H22N4O3/c1-21-11-14(10-20-21)17(23)22-8-5-15-18(12-22,6-9-24-15)13-25-16-4-2-3-7-19-16/h2-4,7,10-11,15H,5-6,8-9,12-13H2,1H3/t15-,18+/m1/s1. The molecule has 25 heavy (non-hydrogen) atoms. The second-order valence-corrected chi connectivity index (χ2v) is 6.85. The topological polar surface area (TPSA) is 69.5 Å². The van der Waals surface area contributed by atoms with Gasteiger partial charge >= 0.3 is 0 Å². The van der Waals surface area contributed by atoms with E-state index in [1.165, 1.54) is 0 Å². The van der Waals surface area contributed by atoms with Crippen LogP contribution in [-0.4, -0.2) is 58.0 Å². The molecule has 0 unspecified atom stereocenters. The minimum atomic E-state index is -0.173. The molecule has 2 aromatic rings. The summed E-state index contributed by atoms with van der Waals surface area (Å²) < 4.78 is 13.5. The molecule has 0 N–H and O–H groups in total. The average molecular weight is 342 g/mol. The van der Waals surface area contributed by atoms with Gasteiger partial charge in [0.25, 0.3) is 5.91 Å². The fourth-order valence-electron chi connectivity index (χ4n) is 3.79. The molecule has 7 nitrogen and oxygen atoms in total. The van der Waals surface area contributed by atoms with E-state index in [4.69, 9.17) is 9.47 Å². The molecule has 0 radical (unpaired) electrons. The minimum Gasteiger partial charge on any atom is -0.477 e. The number of amides is 1. The fraction of sp³-hybridized carbons (Fsp3) is 0.500. The molecule has 7 heteroatoms. The Balaban J connectivity index is 1.49. The summed E-state index contributed by atoms with van der Waals surface area (Å²) in [4.78, 5) is 18.9. The first-order chi connectivity index (χ1) is 12.2. The second kappa shape index (κ2) is 6.48. The van der Waals surface area contributed by atoms with Crippen molar-refractivity contribution in [2.75, 3.05) is 26.3 Å². The smallest absolute Gasteiger partial charge is 0.257 e. The summed E-state index contributed by atoms with van der Waals surface area (Å²) in [7, 11) is 1.82. The molecule has 2 saturated heterocycles. The van der Waals surface area contributed by atoms with Crippen molar-refractivity contribution in [2.24, 2.45) is 12.5 Å². The highest BCUT2D eigenvalue weighted by Gasteiger charge is 2.49. The summed E-state index contributed by atoms with van der Waals surface area (Å²) in [5, 5.41) is 4.10. The zero-order chi connectivity index (χ0) is 17.3. The molecule has 4 heterocycles. The lowest BCUT2D eigenvalue weighted by Crippen LogP contribution is -2.54. The summed E-state index contributed by atoms with van der Waals surface area (Å²) in [5.41, 5.74) is 0.453. The Bertz CT molecular complexity index is 748. The largest absolute Gasteiger partial charge is 0.477 e. The molecule has 2 aliphatic rings. The quantitative estimate of drug-likeness (QED) is 0.842. The van der Waals surface area contributed by atoms with E-state index in [0.717, 1.165) is 12.8 Å². The van der Waals surface area contributed by atoms with Gasteiger partial charge in [-0.2, -0.15) is 5.10 Å². The van der Waals surface area contributed by atoms with Crippen LogP contribution < -0.4 is 4.74 Å². The van der Waals surface area contributed by atoms with Crippen LogP contribution in [0.4, 0.5) is 0 Å². The van der Waals surface area contributed by atoms with Crippen molar-refractivity contribution in [3.05, 3.63) is 42.4 Å². The van der Waals surface area contributed by atoms with Gasteiger partial charge in [0.2, 0.25) is 5.88 Å². The van der Waals surface area contributed by atoms with E-state index in [-0.39, 0.29) is 17.4 Å². The first-order valence-corrected chi connectivity index (χ1v) is 8.60. The number of aromatic nitrogens is 3. The highest BCUT2D eigenvalue weighted by atomic mass is 16.5. The Morgan fingerprint density at radius 2 is 2.40 bits per heavy atom. The average Bonchev–Trinajstić information content (AvgIpc) is 3.26. The van der Waals surface area contributed by atoms with Crippen LogP contribution in [0, 0.1) is 5.41 Å². The maximum Gasteiger partial charge on any atom is 0.257 e. The number of hydrogen-bond acceptors (Lipinski definition) is 5. The number of ether oxygens (including phenoxy) is 2. The Labute approximate surface area is 146 Å². The van der Waals surface area contributed by atoms with E-state index >= 15 is 0 Å². The summed E-state index contributed by atoms with van der Waals surface area (Å²) in [5.74, 6) is 0.633. The van der Waals surface area contributed by atoms with E-state index < -0.39 is 0 Å². The molecule has 0 bridgehead atoms. The third kappa shape index (κ3) is 3.11. The van der Waals surface area contributed by atoms with Gasteiger partial charge in [-0.25, -0.2) is 4.98 Å². The zero-order valence-electron chi connectivity index (χ0n) is 14.3. The molecule has 0 aliphatic carbocycles. The third-order valence-corrected chi connectivity index (χ3v) is 5.15. The van der Waals surface area contributed by atoms with Crippen molar-refractivity contribution in [3.63, 3.8) is 0 Å². The number of piperidine rings is 1. The fourth-order valence-corrected chi connectivity index (χ4v) is 3.79. The van der Waals surface area contributed by atoms with Gasteiger partial charge in [-0.15, -0.1) is 0 Å². The van der Waals surface area contributed by atoms with Crippen LogP contribution in [0.1, 0.15) is 23.2 Å². The van der Waals surface area contributed by atoms with E-state index in [1.54, 1.807) is 23.3 Å². The number of carbonyl (C=O) groups excluding carboxylic acids is 1. The molecular weight excluding hydrogens is 320 g/mol. The van der Waals surface area contributed by atoms with Gasteiger partial charge in [0.15, 0.2) is 0 Å². The second-order valence-electron chi connectivity index (χ2n) is 6.85. The summed E-state index contributed by atoms with van der Waals surface area (Å²) in [6, 6.07) is 5.62. The highest BCUT2D eigenvalue weighted by Crippen LogP contribution is 2.41. The van der Waals surface area contributed by atoms with Gasteiger partial charge in [-0.3, -0.25) is 9.48 Å². The van der Waals surface area contributed by atoms with Crippen molar-refractivity contribution >= 4 is 5.91 Å². The van der Waals surface area contributed by atoms with E-state index in [9.17, 15) is 4.79 Å². The lowest BCUT2D eigenvalue weighted by atomic mass is 9.77. The monoisotopic (exact) mass is 342 g/mol. The van der Waals surface area contributed by atoms with E-state index in [0.29, 0.717) is 37.7 Å². The number of fused-ring (bicyclic) bond motifs is 1. The molecule has 0 aromatic carbocycles. The first kappa shape index (κ1) is 16.1. The van der Waals surface area contributed by atoms with Crippen LogP contribution >= 0.6 is 0 Å². The maximum absolute atomic E-state index is 12.8. The highest BCUT2D eigenvalue weighted by molar-refractivity contribution is 5.93. The molecule has 2 aliphatic heterocycles. The molecule has 0 spiro atoms.